The summed E-state index contributed by atoms with van der Waals surface area (Å²) in [4.78, 5) is 14.7. The molecule has 1 unspecified atom stereocenters. The Morgan fingerprint density at radius 2 is 2.12 bits per heavy atom. The van der Waals surface area contributed by atoms with Gasteiger partial charge in [-0.15, -0.1) is 0 Å². The van der Waals surface area contributed by atoms with Crippen molar-refractivity contribution in [1.82, 2.24) is 4.98 Å². The molecule has 1 heterocycles. The van der Waals surface area contributed by atoms with E-state index in [1.165, 1.54) is 0 Å². The van der Waals surface area contributed by atoms with Crippen molar-refractivity contribution < 1.29 is 5.11 Å². The largest absolute Gasteiger partial charge is 0.396 e. The number of hydrogen-bond donors (Lipinski definition) is 2. The van der Waals surface area contributed by atoms with Gasteiger partial charge >= 0.3 is 0 Å². The molecule has 0 saturated carbocycles. The van der Waals surface area contributed by atoms with Crippen molar-refractivity contribution in [2.45, 2.75) is 19.3 Å². The summed E-state index contributed by atoms with van der Waals surface area (Å²) in [6.07, 6.45) is 0.762. The number of nitrogens with one attached hydrogen (secondary N) is 1. The lowest BCUT2D eigenvalue weighted by Crippen LogP contribution is -2.18. The van der Waals surface area contributed by atoms with Crippen LogP contribution in [0.5, 0.6) is 0 Å². The Balaban J connectivity index is 2.62. The fraction of sp³-hybridized carbons (Fsp3) is 0.308. The van der Waals surface area contributed by atoms with Crippen LogP contribution in [0.1, 0.15) is 24.8 Å². The maximum atomic E-state index is 11.8. The Bertz CT molecular complexity index is 541. The van der Waals surface area contributed by atoms with Crippen LogP contribution in [-0.4, -0.2) is 16.7 Å². The smallest absolute Gasteiger partial charge is 0.251 e. The summed E-state index contributed by atoms with van der Waals surface area (Å²) in [5.41, 5.74) is 1.41. The minimum atomic E-state index is -0.0976. The van der Waals surface area contributed by atoms with Gasteiger partial charge in [-0.1, -0.05) is 25.1 Å². The molecule has 0 bridgehead atoms. The molecule has 0 fully saturated rings. The second-order valence-electron chi connectivity index (χ2n) is 3.93. The highest BCUT2D eigenvalue weighted by atomic mass is 16.3. The molecule has 1 atom stereocenters. The van der Waals surface area contributed by atoms with E-state index in [2.05, 4.69) is 4.98 Å². The standard InChI is InChI=1S/C13H15NO2/c1-2-9(8-15)11-7-10-5-3-4-6-12(10)14-13(11)16/h3-7,9,15H,2,8H2,1H3,(H,14,16). The highest BCUT2D eigenvalue weighted by Crippen LogP contribution is 2.18. The molecule has 84 valence electrons. The normalized spacial score (nSPS) is 12.9. The lowest BCUT2D eigenvalue weighted by Gasteiger charge is -2.11. The van der Waals surface area contributed by atoms with Gasteiger partial charge in [-0.25, -0.2) is 0 Å². The van der Waals surface area contributed by atoms with Crippen LogP contribution < -0.4 is 5.56 Å². The van der Waals surface area contributed by atoms with Crippen molar-refractivity contribution in [2.75, 3.05) is 6.61 Å². The third kappa shape index (κ3) is 1.86. The number of pyridine rings is 1. The summed E-state index contributed by atoms with van der Waals surface area (Å²) >= 11 is 0. The molecule has 2 aromatic rings. The minimum Gasteiger partial charge on any atom is -0.396 e. The van der Waals surface area contributed by atoms with Crippen LogP contribution in [-0.2, 0) is 0 Å². The van der Waals surface area contributed by atoms with E-state index in [4.69, 9.17) is 0 Å². The molecule has 0 aliphatic carbocycles. The van der Waals surface area contributed by atoms with Gasteiger partial charge in [0.1, 0.15) is 0 Å². The second kappa shape index (κ2) is 4.49. The lowest BCUT2D eigenvalue weighted by atomic mass is 9.97. The molecule has 1 aromatic heterocycles. The molecule has 0 aliphatic heterocycles. The van der Waals surface area contributed by atoms with Crippen LogP contribution in [0.15, 0.2) is 35.1 Å². The van der Waals surface area contributed by atoms with Gasteiger partial charge in [0.15, 0.2) is 0 Å². The van der Waals surface area contributed by atoms with Crippen LogP contribution in [0, 0.1) is 0 Å². The number of rotatable bonds is 3. The maximum Gasteiger partial charge on any atom is 0.251 e. The molecule has 16 heavy (non-hydrogen) atoms. The van der Waals surface area contributed by atoms with Gasteiger partial charge < -0.3 is 10.1 Å². The number of aromatic amines is 1. The fourth-order valence-electron chi connectivity index (χ4n) is 1.91. The maximum absolute atomic E-state index is 11.8. The van der Waals surface area contributed by atoms with E-state index in [1.54, 1.807) is 0 Å². The van der Waals surface area contributed by atoms with E-state index < -0.39 is 0 Å². The summed E-state index contributed by atoms with van der Waals surface area (Å²) in [6, 6.07) is 9.53. The molecule has 1 aromatic carbocycles. The Hall–Kier alpha value is -1.61. The van der Waals surface area contributed by atoms with Crippen molar-refractivity contribution in [3.8, 4) is 0 Å². The third-order valence-electron chi connectivity index (χ3n) is 2.94. The predicted octanol–water partition coefficient (Wildman–Crippen LogP) is 2.01. The van der Waals surface area contributed by atoms with Crippen molar-refractivity contribution in [3.05, 3.63) is 46.2 Å². The van der Waals surface area contributed by atoms with Gasteiger partial charge in [0, 0.05) is 17.0 Å². The molecule has 0 aliphatic rings. The van der Waals surface area contributed by atoms with E-state index >= 15 is 0 Å². The number of H-pyrrole nitrogens is 1. The Kier molecular flexibility index (Phi) is 3.06. The zero-order valence-electron chi connectivity index (χ0n) is 9.23. The van der Waals surface area contributed by atoms with Gasteiger partial charge in [-0.05, 0) is 23.9 Å². The van der Waals surface area contributed by atoms with E-state index in [1.807, 2.05) is 37.3 Å². The van der Waals surface area contributed by atoms with E-state index in [-0.39, 0.29) is 18.1 Å². The monoisotopic (exact) mass is 217 g/mol. The molecule has 3 heteroatoms. The number of hydrogen-bond acceptors (Lipinski definition) is 2. The van der Waals surface area contributed by atoms with Crippen LogP contribution in [0.25, 0.3) is 10.9 Å². The number of benzene rings is 1. The third-order valence-corrected chi connectivity index (χ3v) is 2.94. The van der Waals surface area contributed by atoms with Crippen molar-refractivity contribution >= 4 is 10.9 Å². The van der Waals surface area contributed by atoms with Crippen LogP contribution in [0.4, 0.5) is 0 Å². The summed E-state index contributed by atoms with van der Waals surface area (Å²) < 4.78 is 0. The summed E-state index contributed by atoms with van der Waals surface area (Å²) in [5, 5.41) is 10.2. The Morgan fingerprint density at radius 3 is 2.81 bits per heavy atom. The van der Waals surface area contributed by atoms with E-state index in [0.29, 0.717) is 5.56 Å². The molecule has 0 amide bonds. The van der Waals surface area contributed by atoms with Gasteiger partial charge in [0.2, 0.25) is 0 Å². The quantitative estimate of drug-likeness (QED) is 0.826. The molecular formula is C13H15NO2. The van der Waals surface area contributed by atoms with Crippen LogP contribution >= 0.6 is 0 Å². The first-order chi connectivity index (χ1) is 7.76. The molecule has 3 nitrogen and oxygen atoms in total. The second-order valence-corrected chi connectivity index (χ2v) is 3.93. The topological polar surface area (TPSA) is 53.1 Å². The summed E-state index contributed by atoms with van der Waals surface area (Å²) in [7, 11) is 0. The number of fused-ring (bicyclic) bond motifs is 1. The zero-order valence-corrected chi connectivity index (χ0v) is 9.23. The van der Waals surface area contributed by atoms with Gasteiger partial charge in [-0.2, -0.15) is 0 Å². The highest BCUT2D eigenvalue weighted by molar-refractivity contribution is 5.78. The molecule has 0 spiro atoms. The minimum absolute atomic E-state index is 0.0118. The van der Waals surface area contributed by atoms with Crippen molar-refractivity contribution in [2.24, 2.45) is 0 Å². The molecule has 2 N–H and O–H groups in total. The first kappa shape index (κ1) is 10.9. The summed E-state index contributed by atoms with van der Waals surface area (Å²) in [5.74, 6) is -0.0756. The molecule has 2 rings (SSSR count). The first-order valence-electron chi connectivity index (χ1n) is 5.49. The van der Waals surface area contributed by atoms with Crippen molar-refractivity contribution in [3.63, 3.8) is 0 Å². The van der Waals surface area contributed by atoms with Gasteiger partial charge in [0.25, 0.3) is 5.56 Å². The van der Waals surface area contributed by atoms with Crippen LogP contribution in [0.2, 0.25) is 0 Å². The number of aliphatic hydroxyl groups is 1. The number of aromatic nitrogens is 1. The van der Waals surface area contributed by atoms with E-state index in [9.17, 15) is 9.90 Å². The number of aliphatic hydroxyl groups excluding tert-OH is 1. The first-order valence-corrected chi connectivity index (χ1v) is 5.49. The average Bonchev–Trinajstić information content (AvgIpc) is 2.31. The van der Waals surface area contributed by atoms with Gasteiger partial charge in [-0.3, -0.25) is 4.79 Å². The van der Waals surface area contributed by atoms with E-state index in [0.717, 1.165) is 17.3 Å². The van der Waals surface area contributed by atoms with Crippen molar-refractivity contribution in [1.29, 1.82) is 0 Å². The lowest BCUT2D eigenvalue weighted by molar-refractivity contribution is 0.261. The summed E-state index contributed by atoms with van der Waals surface area (Å²) in [6.45, 7) is 1.98. The average molecular weight is 217 g/mol. The Morgan fingerprint density at radius 1 is 1.38 bits per heavy atom. The highest BCUT2D eigenvalue weighted by Gasteiger charge is 2.12. The zero-order chi connectivity index (χ0) is 11.5. The molecule has 0 radical (unpaired) electrons. The van der Waals surface area contributed by atoms with Crippen LogP contribution in [0.3, 0.4) is 0 Å². The SMILES string of the molecule is CCC(CO)c1cc2ccccc2[nH]c1=O. The Labute approximate surface area is 93.7 Å². The fourth-order valence-corrected chi connectivity index (χ4v) is 1.91. The number of para-hydroxylation sites is 1. The predicted molar refractivity (Wildman–Crippen MR) is 64.7 cm³/mol. The van der Waals surface area contributed by atoms with Gasteiger partial charge in [0.05, 0.1) is 6.61 Å². The molecular weight excluding hydrogens is 202 g/mol. The molecule has 0 saturated heterocycles.